The molecular formula is C15H24N2. The first kappa shape index (κ1) is 12.6. The molecule has 0 saturated heterocycles. The van der Waals surface area contributed by atoms with Crippen LogP contribution in [0.4, 0.5) is 0 Å². The van der Waals surface area contributed by atoms with Gasteiger partial charge in [-0.1, -0.05) is 43.2 Å². The van der Waals surface area contributed by atoms with E-state index in [0.29, 0.717) is 5.92 Å². The van der Waals surface area contributed by atoms with Crippen molar-refractivity contribution in [2.45, 2.75) is 38.1 Å². The molecule has 1 aromatic carbocycles. The fraction of sp³-hybridized carbons (Fsp3) is 0.600. The molecular weight excluding hydrogens is 208 g/mol. The van der Waals surface area contributed by atoms with Crippen molar-refractivity contribution in [3.8, 4) is 0 Å². The van der Waals surface area contributed by atoms with Gasteiger partial charge < -0.3 is 11.1 Å². The molecule has 0 aromatic heterocycles. The first-order valence-corrected chi connectivity index (χ1v) is 6.86. The zero-order valence-corrected chi connectivity index (χ0v) is 10.6. The summed E-state index contributed by atoms with van der Waals surface area (Å²) in [6.45, 7) is 1.84. The maximum absolute atomic E-state index is 5.87. The van der Waals surface area contributed by atoms with E-state index in [4.69, 9.17) is 5.73 Å². The molecule has 0 spiro atoms. The molecule has 1 aliphatic rings. The molecule has 1 saturated carbocycles. The maximum atomic E-state index is 5.87. The first-order valence-electron chi connectivity index (χ1n) is 6.86. The van der Waals surface area contributed by atoms with Crippen LogP contribution in [0, 0.1) is 5.92 Å². The number of hydrogen-bond donors (Lipinski definition) is 2. The molecule has 2 rings (SSSR count). The molecule has 1 aliphatic carbocycles. The minimum absolute atomic E-state index is 0.568. The van der Waals surface area contributed by atoms with Gasteiger partial charge in [-0.15, -0.1) is 0 Å². The Morgan fingerprint density at radius 1 is 1.18 bits per heavy atom. The maximum Gasteiger partial charge on any atom is 0.00671 e. The molecule has 1 fully saturated rings. The highest BCUT2D eigenvalue weighted by Gasteiger charge is 2.16. The number of nitrogens with one attached hydrogen (secondary N) is 1. The highest BCUT2D eigenvalue weighted by Crippen LogP contribution is 2.18. The zero-order chi connectivity index (χ0) is 11.9. The highest BCUT2D eigenvalue weighted by molar-refractivity contribution is 5.15. The number of rotatable bonds is 6. The summed E-state index contributed by atoms with van der Waals surface area (Å²) in [6.07, 6.45) is 6.58. The lowest BCUT2D eigenvalue weighted by Crippen LogP contribution is -2.35. The summed E-state index contributed by atoms with van der Waals surface area (Å²) in [4.78, 5) is 0. The monoisotopic (exact) mass is 232 g/mol. The van der Waals surface area contributed by atoms with Crippen molar-refractivity contribution in [2.24, 2.45) is 11.7 Å². The van der Waals surface area contributed by atoms with E-state index in [1.165, 1.54) is 31.2 Å². The number of hydrogen-bond acceptors (Lipinski definition) is 2. The largest absolute Gasteiger partial charge is 0.330 e. The molecule has 2 nitrogen and oxygen atoms in total. The Morgan fingerprint density at radius 3 is 2.53 bits per heavy atom. The second-order valence-corrected chi connectivity index (χ2v) is 5.18. The Morgan fingerprint density at radius 2 is 1.88 bits per heavy atom. The standard InChI is InChI=1S/C15H24N2/c16-11-14(10-13-6-2-1-3-7-13)12-17-15-8-4-5-9-15/h1-3,6-7,14-15,17H,4-5,8-12,16H2. The molecule has 1 aromatic rings. The molecule has 0 bridgehead atoms. The Kier molecular flexibility index (Phi) is 5.02. The van der Waals surface area contributed by atoms with Gasteiger partial charge >= 0.3 is 0 Å². The van der Waals surface area contributed by atoms with Gasteiger partial charge in [-0.3, -0.25) is 0 Å². The van der Waals surface area contributed by atoms with Crippen molar-refractivity contribution in [3.05, 3.63) is 35.9 Å². The summed E-state index contributed by atoms with van der Waals surface area (Å²) in [5.41, 5.74) is 7.26. The molecule has 0 amide bonds. The fourth-order valence-electron chi connectivity index (χ4n) is 2.65. The smallest absolute Gasteiger partial charge is 0.00671 e. The van der Waals surface area contributed by atoms with E-state index < -0.39 is 0 Å². The minimum Gasteiger partial charge on any atom is -0.330 e. The third-order valence-electron chi connectivity index (χ3n) is 3.75. The topological polar surface area (TPSA) is 38.0 Å². The van der Waals surface area contributed by atoms with Crippen LogP contribution in [0.3, 0.4) is 0 Å². The van der Waals surface area contributed by atoms with Crippen molar-refractivity contribution in [2.75, 3.05) is 13.1 Å². The van der Waals surface area contributed by atoms with Crippen molar-refractivity contribution < 1.29 is 0 Å². The predicted molar refractivity (Wildman–Crippen MR) is 72.9 cm³/mol. The Balaban J connectivity index is 1.76. The fourth-order valence-corrected chi connectivity index (χ4v) is 2.65. The molecule has 0 aliphatic heterocycles. The summed E-state index contributed by atoms with van der Waals surface area (Å²) >= 11 is 0. The molecule has 2 heteroatoms. The lowest BCUT2D eigenvalue weighted by atomic mass is 9.99. The van der Waals surface area contributed by atoms with Crippen molar-refractivity contribution in [1.29, 1.82) is 0 Å². The van der Waals surface area contributed by atoms with Crippen LogP contribution in [0.15, 0.2) is 30.3 Å². The lowest BCUT2D eigenvalue weighted by Gasteiger charge is -2.19. The predicted octanol–water partition coefficient (Wildman–Crippen LogP) is 2.34. The van der Waals surface area contributed by atoms with E-state index in [1.54, 1.807) is 0 Å². The van der Waals surface area contributed by atoms with E-state index in [0.717, 1.165) is 25.6 Å². The first-order chi connectivity index (χ1) is 8.38. The average Bonchev–Trinajstić information content (AvgIpc) is 2.89. The summed E-state index contributed by atoms with van der Waals surface area (Å²) in [7, 11) is 0. The molecule has 17 heavy (non-hydrogen) atoms. The lowest BCUT2D eigenvalue weighted by molar-refractivity contribution is 0.430. The van der Waals surface area contributed by atoms with E-state index >= 15 is 0 Å². The second-order valence-electron chi connectivity index (χ2n) is 5.18. The molecule has 0 radical (unpaired) electrons. The van der Waals surface area contributed by atoms with Gasteiger partial charge in [0.1, 0.15) is 0 Å². The third-order valence-corrected chi connectivity index (χ3v) is 3.75. The highest BCUT2D eigenvalue weighted by atomic mass is 14.9. The van der Waals surface area contributed by atoms with Gasteiger partial charge in [0.25, 0.3) is 0 Å². The van der Waals surface area contributed by atoms with Crippen LogP contribution in [0.2, 0.25) is 0 Å². The van der Waals surface area contributed by atoms with E-state index in [-0.39, 0.29) is 0 Å². The van der Waals surface area contributed by atoms with E-state index in [1.807, 2.05) is 0 Å². The molecule has 1 unspecified atom stereocenters. The Labute approximate surface area is 105 Å². The normalized spacial score (nSPS) is 18.4. The van der Waals surface area contributed by atoms with Crippen LogP contribution >= 0.6 is 0 Å². The quantitative estimate of drug-likeness (QED) is 0.790. The van der Waals surface area contributed by atoms with Gasteiger partial charge in [0.05, 0.1) is 0 Å². The van der Waals surface area contributed by atoms with Crippen LogP contribution in [-0.2, 0) is 6.42 Å². The summed E-state index contributed by atoms with van der Waals surface area (Å²) in [5, 5.41) is 3.67. The van der Waals surface area contributed by atoms with Crippen LogP contribution in [-0.4, -0.2) is 19.1 Å². The summed E-state index contributed by atoms with van der Waals surface area (Å²) < 4.78 is 0. The third kappa shape index (κ3) is 4.14. The second kappa shape index (κ2) is 6.77. The van der Waals surface area contributed by atoms with Gasteiger partial charge in [0.2, 0.25) is 0 Å². The van der Waals surface area contributed by atoms with Crippen molar-refractivity contribution in [1.82, 2.24) is 5.32 Å². The van der Waals surface area contributed by atoms with Gasteiger partial charge in [-0.05, 0) is 43.8 Å². The minimum atomic E-state index is 0.568. The van der Waals surface area contributed by atoms with Crippen LogP contribution in [0.25, 0.3) is 0 Å². The van der Waals surface area contributed by atoms with Crippen LogP contribution in [0.5, 0.6) is 0 Å². The number of benzene rings is 1. The van der Waals surface area contributed by atoms with Gasteiger partial charge in [0, 0.05) is 6.04 Å². The SMILES string of the molecule is NCC(CNC1CCCC1)Cc1ccccc1. The van der Waals surface area contributed by atoms with E-state index in [2.05, 4.69) is 35.6 Å². The van der Waals surface area contributed by atoms with Crippen LogP contribution in [0.1, 0.15) is 31.2 Å². The Bertz CT molecular complexity index is 304. The molecule has 0 heterocycles. The Hall–Kier alpha value is -0.860. The average molecular weight is 232 g/mol. The van der Waals surface area contributed by atoms with Gasteiger partial charge in [0.15, 0.2) is 0 Å². The van der Waals surface area contributed by atoms with Crippen molar-refractivity contribution >= 4 is 0 Å². The number of nitrogens with two attached hydrogens (primary N) is 1. The van der Waals surface area contributed by atoms with E-state index in [9.17, 15) is 0 Å². The summed E-state index contributed by atoms with van der Waals surface area (Å²) in [6, 6.07) is 11.4. The zero-order valence-electron chi connectivity index (χ0n) is 10.6. The van der Waals surface area contributed by atoms with Crippen LogP contribution < -0.4 is 11.1 Å². The van der Waals surface area contributed by atoms with Gasteiger partial charge in [-0.25, -0.2) is 0 Å². The molecule has 1 atom stereocenters. The van der Waals surface area contributed by atoms with Gasteiger partial charge in [-0.2, -0.15) is 0 Å². The molecule has 3 N–H and O–H groups in total. The molecule has 94 valence electrons. The summed E-state index contributed by atoms with van der Waals surface area (Å²) in [5.74, 6) is 0.568. The van der Waals surface area contributed by atoms with Crippen molar-refractivity contribution in [3.63, 3.8) is 0 Å².